The summed E-state index contributed by atoms with van der Waals surface area (Å²) in [5.74, 6) is 2.28. The van der Waals surface area contributed by atoms with Gasteiger partial charge in [0, 0.05) is 32.3 Å². The van der Waals surface area contributed by atoms with Crippen LogP contribution in [0, 0.1) is 0 Å². The number of nitrogens with zero attached hydrogens (tertiary/aromatic N) is 3. The van der Waals surface area contributed by atoms with Crippen LogP contribution in [0.15, 0.2) is 60.9 Å². The smallest absolute Gasteiger partial charge is 0.221 e. The molecule has 1 unspecified atom stereocenters. The summed E-state index contributed by atoms with van der Waals surface area (Å²) in [7, 11) is 3.55. The van der Waals surface area contributed by atoms with E-state index in [1.54, 1.807) is 13.3 Å². The van der Waals surface area contributed by atoms with Gasteiger partial charge in [0.1, 0.15) is 23.4 Å². The predicted molar refractivity (Wildman–Crippen MR) is 111 cm³/mol. The van der Waals surface area contributed by atoms with Crippen molar-refractivity contribution in [2.24, 2.45) is 7.05 Å². The minimum Gasteiger partial charge on any atom is -0.497 e. The van der Waals surface area contributed by atoms with Crippen LogP contribution in [0.1, 0.15) is 29.7 Å². The monoisotopic (exact) mass is 389 g/mol. The van der Waals surface area contributed by atoms with Gasteiger partial charge in [0.2, 0.25) is 5.91 Å². The summed E-state index contributed by atoms with van der Waals surface area (Å²) < 4.78 is 7.15. The third-order valence-electron chi connectivity index (χ3n) is 4.90. The van der Waals surface area contributed by atoms with Gasteiger partial charge in [-0.15, -0.1) is 0 Å². The molecular weight excluding hydrogens is 366 g/mol. The van der Waals surface area contributed by atoms with Crippen molar-refractivity contribution < 1.29 is 9.53 Å². The van der Waals surface area contributed by atoms with Crippen LogP contribution < -0.4 is 10.1 Å². The largest absolute Gasteiger partial charge is 0.497 e. The zero-order valence-corrected chi connectivity index (χ0v) is 16.4. The Morgan fingerprint density at radius 2 is 2.00 bits per heavy atom. The van der Waals surface area contributed by atoms with Crippen LogP contribution in [-0.2, 0) is 18.3 Å². The van der Waals surface area contributed by atoms with Gasteiger partial charge >= 0.3 is 0 Å². The van der Waals surface area contributed by atoms with Crippen molar-refractivity contribution in [1.29, 1.82) is 0 Å². The Kier molecular flexibility index (Phi) is 5.29. The van der Waals surface area contributed by atoms with E-state index in [0.717, 1.165) is 34.0 Å². The van der Waals surface area contributed by atoms with Gasteiger partial charge < -0.3 is 19.6 Å². The number of H-pyrrole nitrogens is 1. The fraction of sp³-hybridized carbons (Fsp3) is 0.227. The second kappa shape index (κ2) is 8.18. The number of aromatic nitrogens is 4. The first kappa shape index (κ1) is 18.7. The van der Waals surface area contributed by atoms with Crippen molar-refractivity contribution in [2.75, 3.05) is 7.11 Å². The highest BCUT2D eigenvalue weighted by Gasteiger charge is 2.21. The molecule has 4 rings (SSSR count). The molecule has 0 fully saturated rings. The molecule has 29 heavy (non-hydrogen) atoms. The van der Waals surface area contributed by atoms with E-state index < -0.39 is 0 Å². The molecule has 0 saturated carbocycles. The molecule has 0 radical (unpaired) electrons. The minimum absolute atomic E-state index is 0.0609. The van der Waals surface area contributed by atoms with E-state index in [2.05, 4.69) is 20.3 Å². The minimum atomic E-state index is -0.343. The summed E-state index contributed by atoms with van der Waals surface area (Å²) in [5, 5.41) is 3.11. The maximum atomic E-state index is 12.7. The summed E-state index contributed by atoms with van der Waals surface area (Å²) in [6.07, 6.45) is 4.46. The first-order valence-electron chi connectivity index (χ1n) is 9.48. The van der Waals surface area contributed by atoms with Crippen molar-refractivity contribution in [3.63, 3.8) is 0 Å². The molecule has 148 valence electrons. The van der Waals surface area contributed by atoms with Crippen LogP contribution in [-0.4, -0.2) is 32.5 Å². The van der Waals surface area contributed by atoms with Crippen molar-refractivity contribution >= 4 is 16.9 Å². The number of carbonyl (C=O) groups excluding carboxylic acids is 1. The van der Waals surface area contributed by atoms with E-state index in [-0.39, 0.29) is 11.9 Å². The van der Waals surface area contributed by atoms with Crippen molar-refractivity contribution in [1.82, 2.24) is 24.8 Å². The van der Waals surface area contributed by atoms with Crippen LogP contribution in [0.5, 0.6) is 5.75 Å². The summed E-state index contributed by atoms with van der Waals surface area (Å²) >= 11 is 0. The Labute approximate surface area is 168 Å². The van der Waals surface area contributed by atoms with Gasteiger partial charge in [0.25, 0.3) is 0 Å². The van der Waals surface area contributed by atoms with Gasteiger partial charge in [0.05, 0.1) is 18.1 Å². The van der Waals surface area contributed by atoms with Crippen LogP contribution >= 0.6 is 0 Å². The number of amides is 1. The molecule has 2 aromatic carbocycles. The topological polar surface area (TPSA) is 84.8 Å². The average molecular weight is 389 g/mol. The second-order valence-corrected chi connectivity index (χ2v) is 6.87. The number of fused-ring (bicyclic) bond motifs is 1. The van der Waals surface area contributed by atoms with E-state index >= 15 is 0 Å². The quantitative estimate of drug-likeness (QED) is 0.509. The molecule has 0 spiro atoms. The van der Waals surface area contributed by atoms with Crippen LogP contribution in [0.4, 0.5) is 0 Å². The predicted octanol–water partition coefficient (Wildman–Crippen LogP) is 3.14. The van der Waals surface area contributed by atoms with Gasteiger partial charge in [-0.1, -0.05) is 24.3 Å². The van der Waals surface area contributed by atoms with E-state index in [1.807, 2.05) is 66.3 Å². The standard InChI is InChI=1S/C22H23N5O2/c1-27-14-13-23-22(27)21(15-7-9-16(29-2)10-8-15)26-20(28)12-11-19-24-17-5-3-4-6-18(17)25-19/h3-10,13-14,21H,11-12H2,1-2H3,(H,24,25)(H,26,28). The molecule has 2 heterocycles. The Hall–Kier alpha value is -3.61. The number of carbonyl (C=O) groups is 1. The molecule has 0 aliphatic heterocycles. The van der Waals surface area contributed by atoms with Crippen LogP contribution in [0.2, 0.25) is 0 Å². The highest BCUT2D eigenvalue weighted by atomic mass is 16.5. The van der Waals surface area contributed by atoms with E-state index in [4.69, 9.17) is 4.74 Å². The maximum absolute atomic E-state index is 12.7. The summed E-state index contributed by atoms with van der Waals surface area (Å²) in [6.45, 7) is 0. The molecule has 0 aliphatic carbocycles. The highest BCUT2D eigenvalue weighted by molar-refractivity contribution is 5.78. The van der Waals surface area contributed by atoms with E-state index in [1.165, 1.54) is 0 Å². The first-order chi connectivity index (χ1) is 14.1. The van der Waals surface area contributed by atoms with E-state index in [0.29, 0.717) is 12.8 Å². The fourth-order valence-electron chi connectivity index (χ4n) is 3.34. The molecule has 2 N–H and O–H groups in total. The number of aromatic amines is 1. The molecule has 0 aliphatic rings. The lowest BCUT2D eigenvalue weighted by molar-refractivity contribution is -0.121. The zero-order chi connectivity index (χ0) is 20.2. The lowest BCUT2D eigenvalue weighted by Crippen LogP contribution is -2.31. The number of para-hydroxylation sites is 2. The van der Waals surface area contributed by atoms with Gasteiger partial charge in [-0.05, 0) is 29.8 Å². The number of rotatable bonds is 7. The molecule has 7 heteroatoms. The van der Waals surface area contributed by atoms with Gasteiger partial charge in [0.15, 0.2) is 0 Å². The third-order valence-corrected chi connectivity index (χ3v) is 4.90. The van der Waals surface area contributed by atoms with E-state index in [9.17, 15) is 4.79 Å². The Bertz CT molecular complexity index is 1080. The maximum Gasteiger partial charge on any atom is 0.221 e. The Morgan fingerprint density at radius 1 is 1.21 bits per heavy atom. The lowest BCUT2D eigenvalue weighted by Gasteiger charge is -2.19. The number of methoxy groups -OCH3 is 1. The zero-order valence-electron chi connectivity index (χ0n) is 16.4. The normalized spacial score (nSPS) is 12.1. The molecule has 7 nitrogen and oxygen atoms in total. The molecule has 2 aromatic heterocycles. The highest BCUT2D eigenvalue weighted by Crippen LogP contribution is 2.23. The summed E-state index contributed by atoms with van der Waals surface area (Å²) in [5.41, 5.74) is 2.83. The lowest BCUT2D eigenvalue weighted by atomic mass is 10.1. The van der Waals surface area contributed by atoms with Gasteiger partial charge in [-0.3, -0.25) is 4.79 Å². The number of hydrogen-bond acceptors (Lipinski definition) is 4. The number of ether oxygens (including phenoxy) is 1. The molecule has 4 aromatic rings. The molecule has 1 atom stereocenters. The molecule has 0 saturated heterocycles. The Morgan fingerprint density at radius 3 is 2.69 bits per heavy atom. The molecule has 1 amide bonds. The molecular formula is C22H23N5O2. The fourth-order valence-corrected chi connectivity index (χ4v) is 3.34. The van der Waals surface area contributed by atoms with Gasteiger partial charge in [-0.25, -0.2) is 9.97 Å². The number of hydrogen-bond donors (Lipinski definition) is 2. The third kappa shape index (κ3) is 4.13. The summed E-state index contributed by atoms with van der Waals surface area (Å²) in [4.78, 5) is 25.0. The van der Waals surface area contributed by atoms with Crippen molar-refractivity contribution in [2.45, 2.75) is 18.9 Å². The summed E-state index contributed by atoms with van der Waals surface area (Å²) in [6, 6.07) is 15.1. The Balaban J connectivity index is 1.49. The van der Waals surface area contributed by atoms with Crippen LogP contribution in [0.3, 0.4) is 0 Å². The van der Waals surface area contributed by atoms with Crippen molar-refractivity contribution in [3.8, 4) is 5.75 Å². The number of nitrogens with one attached hydrogen (secondary N) is 2. The first-order valence-corrected chi connectivity index (χ1v) is 9.48. The number of benzene rings is 2. The van der Waals surface area contributed by atoms with Crippen molar-refractivity contribution in [3.05, 3.63) is 78.1 Å². The number of imidazole rings is 2. The van der Waals surface area contributed by atoms with Crippen LogP contribution in [0.25, 0.3) is 11.0 Å². The number of aryl methyl sites for hydroxylation is 2. The second-order valence-electron chi connectivity index (χ2n) is 6.87. The van der Waals surface area contributed by atoms with Gasteiger partial charge in [-0.2, -0.15) is 0 Å². The SMILES string of the molecule is COc1ccc(C(NC(=O)CCc2nc3ccccc3[nH]2)c2nccn2C)cc1. The average Bonchev–Trinajstić information content (AvgIpc) is 3.36. The molecule has 0 bridgehead atoms.